The van der Waals surface area contributed by atoms with E-state index in [1.54, 1.807) is 25.1 Å². The standard InChI is InChI=1S/C12H13Br2NO3/c1-3-10(12(17)18)15(2)11(16)8-5-4-7(13)6-9(8)14/h4-6,10H,3H2,1-2H3,(H,17,18). The highest BCUT2D eigenvalue weighted by Crippen LogP contribution is 2.23. The molecule has 1 amide bonds. The van der Waals surface area contributed by atoms with Gasteiger partial charge in [-0.1, -0.05) is 22.9 Å². The van der Waals surface area contributed by atoms with Crippen LogP contribution < -0.4 is 0 Å². The number of nitrogens with zero attached hydrogens (tertiary/aromatic N) is 1. The highest BCUT2D eigenvalue weighted by Gasteiger charge is 2.26. The summed E-state index contributed by atoms with van der Waals surface area (Å²) < 4.78 is 1.48. The predicted molar refractivity (Wildman–Crippen MR) is 75.7 cm³/mol. The molecule has 1 unspecified atom stereocenters. The van der Waals surface area contributed by atoms with Crippen LogP contribution in [0, 0.1) is 0 Å². The highest BCUT2D eigenvalue weighted by atomic mass is 79.9. The van der Waals surface area contributed by atoms with Crippen molar-refractivity contribution in [2.75, 3.05) is 7.05 Å². The number of halogens is 2. The van der Waals surface area contributed by atoms with E-state index in [1.165, 1.54) is 11.9 Å². The van der Waals surface area contributed by atoms with Crippen LogP contribution in [0.1, 0.15) is 23.7 Å². The number of carbonyl (C=O) groups is 2. The summed E-state index contributed by atoms with van der Waals surface area (Å²) in [7, 11) is 1.50. The zero-order chi connectivity index (χ0) is 13.9. The van der Waals surface area contributed by atoms with E-state index in [0.29, 0.717) is 16.5 Å². The van der Waals surface area contributed by atoms with Gasteiger partial charge < -0.3 is 10.0 Å². The second kappa shape index (κ2) is 6.33. The first kappa shape index (κ1) is 15.2. The molecule has 1 N–H and O–H groups in total. The van der Waals surface area contributed by atoms with E-state index in [4.69, 9.17) is 5.11 Å². The lowest BCUT2D eigenvalue weighted by Gasteiger charge is -2.24. The zero-order valence-electron chi connectivity index (χ0n) is 9.98. The zero-order valence-corrected chi connectivity index (χ0v) is 13.2. The van der Waals surface area contributed by atoms with Gasteiger partial charge in [0.25, 0.3) is 5.91 Å². The van der Waals surface area contributed by atoms with Crippen molar-refractivity contribution >= 4 is 43.7 Å². The van der Waals surface area contributed by atoms with Crippen LogP contribution in [0.4, 0.5) is 0 Å². The molecular weight excluding hydrogens is 366 g/mol. The number of carboxylic acid groups (broad SMARTS) is 1. The molecule has 0 aliphatic rings. The van der Waals surface area contributed by atoms with Crippen LogP contribution in [0.3, 0.4) is 0 Å². The number of carbonyl (C=O) groups excluding carboxylic acids is 1. The molecular formula is C12H13Br2NO3. The molecule has 1 rings (SSSR count). The summed E-state index contributed by atoms with van der Waals surface area (Å²) in [6, 6.07) is 4.34. The van der Waals surface area contributed by atoms with Crippen LogP contribution in [0.15, 0.2) is 27.1 Å². The molecule has 0 aromatic heterocycles. The Morgan fingerprint density at radius 1 is 1.39 bits per heavy atom. The van der Waals surface area contributed by atoms with Crippen molar-refractivity contribution in [2.24, 2.45) is 0 Å². The number of amides is 1. The van der Waals surface area contributed by atoms with E-state index in [9.17, 15) is 9.59 Å². The number of hydrogen-bond acceptors (Lipinski definition) is 2. The first-order valence-electron chi connectivity index (χ1n) is 5.33. The van der Waals surface area contributed by atoms with Gasteiger partial charge in [-0.15, -0.1) is 0 Å². The number of aliphatic carboxylic acids is 1. The Balaban J connectivity index is 3.02. The average molecular weight is 379 g/mol. The van der Waals surface area contributed by atoms with Crippen LogP contribution in [-0.4, -0.2) is 35.0 Å². The molecule has 0 heterocycles. The van der Waals surface area contributed by atoms with Gasteiger partial charge in [0.1, 0.15) is 6.04 Å². The Kier molecular flexibility index (Phi) is 5.34. The van der Waals surface area contributed by atoms with Crippen LogP contribution in [0.2, 0.25) is 0 Å². The number of hydrogen-bond donors (Lipinski definition) is 1. The quantitative estimate of drug-likeness (QED) is 0.875. The second-order valence-corrected chi connectivity index (χ2v) is 5.57. The van der Waals surface area contributed by atoms with Gasteiger partial charge in [-0.05, 0) is 40.5 Å². The largest absolute Gasteiger partial charge is 0.480 e. The minimum Gasteiger partial charge on any atom is -0.480 e. The number of likely N-dealkylation sites (N-methyl/N-ethyl adjacent to an activating group) is 1. The lowest BCUT2D eigenvalue weighted by atomic mass is 10.1. The summed E-state index contributed by atoms with van der Waals surface area (Å²) in [5, 5.41) is 9.04. The molecule has 0 aliphatic heterocycles. The maximum Gasteiger partial charge on any atom is 0.326 e. The molecule has 98 valence electrons. The van der Waals surface area contributed by atoms with Gasteiger partial charge >= 0.3 is 5.97 Å². The van der Waals surface area contributed by atoms with E-state index in [2.05, 4.69) is 31.9 Å². The van der Waals surface area contributed by atoms with Gasteiger partial charge in [0, 0.05) is 16.0 Å². The molecule has 0 saturated heterocycles. The van der Waals surface area contributed by atoms with Crippen molar-refractivity contribution in [3.8, 4) is 0 Å². The Labute approximate surface area is 122 Å². The Morgan fingerprint density at radius 3 is 2.44 bits per heavy atom. The smallest absolute Gasteiger partial charge is 0.326 e. The maximum absolute atomic E-state index is 12.2. The number of carboxylic acids is 1. The molecule has 1 aromatic rings. The minimum absolute atomic E-state index is 0.316. The van der Waals surface area contributed by atoms with Gasteiger partial charge in [0.15, 0.2) is 0 Å². The topological polar surface area (TPSA) is 57.6 Å². The van der Waals surface area contributed by atoms with Crippen molar-refractivity contribution in [3.05, 3.63) is 32.7 Å². The van der Waals surface area contributed by atoms with E-state index in [-0.39, 0.29) is 5.91 Å². The van der Waals surface area contributed by atoms with Crippen LogP contribution in [0.25, 0.3) is 0 Å². The summed E-state index contributed by atoms with van der Waals surface area (Å²) in [5.74, 6) is -1.31. The lowest BCUT2D eigenvalue weighted by molar-refractivity contribution is -0.142. The van der Waals surface area contributed by atoms with E-state index >= 15 is 0 Å². The first-order valence-corrected chi connectivity index (χ1v) is 6.92. The van der Waals surface area contributed by atoms with Crippen LogP contribution >= 0.6 is 31.9 Å². The Bertz CT molecular complexity index is 476. The van der Waals surface area contributed by atoms with Gasteiger partial charge in [-0.25, -0.2) is 4.79 Å². The van der Waals surface area contributed by atoms with E-state index in [0.717, 1.165) is 4.47 Å². The fourth-order valence-corrected chi connectivity index (χ4v) is 2.83. The third kappa shape index (κ3) is 3.32. The van der Waals surface area contributed by atoms with Crippen LogP contribution in [0.5, 0.6) is 0 Å². The predicted octanol–water partition coefficient (Wildman–Crippen LogP) is 3.15. The number of benzene rings is 1. The first-order chi connectivity index (χ1) is 8.38. The van der Waals surface area contributed by atoms with Crippen molar-refractivity contribution < 1.29 is 14.7 Å². The summed E-state index contributed by atoms with van der Waals surface area (Å²) in [6.45, 7) is 1.74. The molecule has 1 atom stereocenters. The van der Waals surface area contributed by atoms with Crippen molar-refractivity contribution in [1.29, 1.82) is 0 Å². The molecule has 18 heavy (non-hydrogen) atoms. The third-order valence-electron chi connectivity index (χ3n) is 2.62. The van der Waals surface area contributed by atoms with Gasteiger partial charge in [0.2, 0.25) is 0 Å². The van der Waals surface area contributed by atoms with Crippen molar-refractivity contribution in [1.82, 2.24) is 4.90 Å². The molecule has 0 aliphatic carbocycles. The summed E-state index contributed by atoms with van der Waals surface area (Å²) in [6.07, 6.45) is 0.367. The summed E-state index contributed by atoms with van der Waals surface area (Å²) in [4.78, 5) is 24.5. The molecule has 0 radical (unpaired) electrons. The second-order valence-electron chi connectivity index (χ2n) is 3.80. The van der Waals surface area contributed by atoms with Crippen LogP contribution in [-0.2, 0) is 4.79 Å². The van der Waals surface area contributed by atoms with E-state index < -0.39 is 12.0 Å². The van der Waals surface area contributed by atoms with Gasteiger partial charge in [-0.2, -0.15) is 0 Å². The van der Waals surface area contributed by atoms with Gasteiger partial charge in [-0.3, -0.25) is 4.79 Å². The molecule has 1 aromatic carbocycles. The Hall–Kier alpha value is -0.880. The summed E-state index contributed by atoms with van der Waals surface area (Å²) >= 11 is 6.60. The Morgan fingerprint density at radius 2 is 2.00 bits per heavy atom. The van der Waals surface area contributed by atoms with E-state index in [1.807, 2.05) is 0 Å². The average Bonchev–Trinajstić information content (AvgIpc) is 2.28. The molecule has 0 fully saturated rings. The maximum atomic E-state index is 12.2. The van der Waals surface area contributed by atoms with Gasteiger partial charge in [0.05, 0.1) is 5.56 Å². The minimum atomic E-state index is -0.999. The van der Waals surface area contributed by atoms with Crippen molar-refractivity contribution in [2.45, 2.75) is 19.4 Å². The molecule has 0 bridgehead atoms. The third-order valence-corrected chi connectivity index (χ3v) is 3.77. The lowest BCUT2D eigenvalue weighted by Crippen LogP contribution is -2.42. The molecule has 4 nitrogen and oxygen atoms in total. The molecule has 6 heteroatoms. The summed E-state index contributed by atoms with van der Waals surface area (Å²) in [5.41, 5.74) is 0.445. The fraction of sp³-hybridized carbons (Fsp3) is 0.333. The SMILES string of the molecule is CCC(C(=O)O)N(C)C(=O)c1ccc(Br)cc1Br. The normalized spacial score (nSPS) is 12.0. The number of rotatable bonds is 4. The van der Waals surface area contributed by atoms with Crippen molar-refractivity contribution in [3.63, 3.8) is 0 Å². The highest BCUT2D eigenvalue weighted by molar-refractivity contribution is 9.11. The molecule has 0 spiro atoms. The molecule has 0 saturated carbocycles. The fourth-order valence-electron chi connectivity index (χ4n) is 1.61. The monoisotopic (exact) mass is 377 g/mol.